The number of rotatable bonds is 4. The molecular formula is C39H56O5. The molecular weight excluding hydrogens is 548 g/mol. The number of hydrogen-bond donors (Lipinski definition) is 3. The highest BCUT2D eigenvalue weighted by Crippen LogP contribution is 2.75. The number of benzene rings is 1. The zero-order chi connectivity index (χ0) is 31.9. The van der Waals surface area contributed by atoms with E-state index < -0.39 is 0 Å². The molecule has 0 aromatic heterocycles. The fourth-order valence-electron chi connectivity index (χ4n) is 11.9. The number of hydrogen-bond acceptors (Lipinski definition) is 5. The van der Waals surface area contributed by atoms with Gasteiger partial charge in [-0.25, -0.2) is 4.79 Å². The summed E-state index contributed by atoms with van der Waals surface area (Å²) in [4.78, 5) is 13.0. The lowest BCUT2D eigenvalue weighted by atomic mass is 9.33. The van der Waals surface area contributed by atoms with E-state index in [1.807, 2.05) is 0 Å². The molecule has 0 spiro atoms. The lowest BCUT2D eigenvalue weighted by molar-refractivity contribution is -0.206. The first-order valence-corrected chi connectivity index (χ1v) is 17.3. The summed E-state index contributed by atoms with van der Waals surface area (Å²) in [6.07, 6.45) is 15.6. The van der Waals surface area contributed by atoms with Gasteiger partial charge in [0.15, 0.2) is 11.5 Å². The van der Waals surface area contributed by atoms with Crippen molar-refractivity contribution in [2.75, 3.05) is 6.61 Å². The van der Waals surface area contributed by atoms with Gasteiger partial charge in [-0.3, -0.25) is 0 Å². The van der Waals surface area contributed by atoms with Gasteiger partial charge in [-0.15, -0.1) is 0 Å². The summed E-state index contributed by atoms with van der Waals surface area (Å²) in [5.74, 6) is 1.98. The van der Waals surface area contributed by atoms with Gasteiger partial charge in [0.2, 0.25) is 0 Å². The molecule has 3 N–H and O–H groups in total. The van der Waals surface area contributed by atoms with E-state index in [-0.39, 0.29) is 50.6 Å². The molecule has 0 amide bonds. The summed E-state index contributed by atoms with van der Waals surface area (Å²) < 4.78 is 6.08. The number of esters is 1. The molecule has 5 heteroatoms. The van der Waals surface area contributed by atoms with Crippen LogP contribution in [-0.2, 0) is 9.53 Å². The molecule has 5 aliphatic rings. The maximum Gasteiger partial charge on any atom is 0.330 e. The van der Waals surface area contributed by atoms with Crippen molar-refractivity contribution >= 4 is 12.0 Å². The lowest BCUT2D eigenvalue weighted by Gasteiger charge is -2.71. The number of aliphatic hydroxyl groups is 1. The molecule has 44 heavy (non-hydrogen) atoms. The molecule has 0 bridgehead atoms. The van der Waals surface area contributed by atoms with Crippen LogP contribution in [0.3, 0.4) is 0 Å². The van der Waals surface area contributed by atoms with Crippen LogP contribution in [0.4, 0.5) is 0 Å². The van der Waals surface area contributed by atoms with Gasteiger partial charge in [0.25, 0.3) is 0 Å². The monoisotopic (exact) mass is 604 g/mol. The highest BCUT2D eigenvalue weighted by molar-refractivity contribution is 5.87. The van der Waals surface area contributed by atoms with E-state index in [9.17, 15) is 20.1 Å². The van der Waals surface area contributed by atoms with Crippen molar-refractivity contribution in [2.24, 2.45) is 56.7 Å². The van der Waals surface area contributed by atoms with Crippen LogP contribution in [-0.4, -0.2) is 34.0 Å². The normalized spacial score (nSPS) is 44.5. The summed E-state index contributed by atoms with van der Waals surface area (Å²) in [5, 5.41) is 30.4. The van der Waals surface area contributed by atoms with Gasteiger partial charge in [-0.05, 0) is 133 Å². The lowest BCUT2D eigenvalue weighted by Crippen LogP contribution is -2.65. The number of carbonyl (C=O) groups excluding carboxylic acids is 1. The number of aliphatic hydroxyl groups excluding tert-OH is 1. The molecule has 1 aromatic rings. The number of carbonyl (C=O) groups is 1. The Hall–Kier alpha value is -2.27. The summed E-state index contributed by atoms with van der Waals surface area (Å²) in [7, 11) is 0. The van der Waals surface area contributed by atoms with E-state index in [1.54, 1.807) is 17.7 Å². The van der Waals surface area contributed by atoms with Crippen LogP contribution >= 0.6 is 0 Å². The molecule has 0 aliphatic heterocycles. The van der Waals surface area contributed by atoms with Crippen molar-refractivity contribution in [3.8, 4) is 11.5 Å². The Balaban J connectivity index is 1.29. The fraction of sp³-hybridized carbons (Fsp3) is 0.718. The van der Waals surface area contributed by atoms with E-state index in [0.717, 1.165) is 38.5 Å². The maximum atomic E-state index is 13.0. The van der Waals surface area contributed by atoms with Crippen molar-refractivity contribution in [3.05, 3.63) is 41.5 Å². The van der Waals surface area contributed by atoms with E-state index in [0.29, 0.717) is 41.8 Å². The average Bonchev–Trinajstić information content (AvgIpc) is 2.97. The Morgan fingerprint density at radius 1 is 0.932 bits per heavy atom. The third kappa shape index (κ3) is 4.53. The molecule has 0 heterocycles. The number of fused-ring (bicyclic) bond motifs is 7. The Morgan fingerprint density at radius 3 is 2.41 bits per heavy atom. The SMILES string of the molecule is CC1CCC2(COC(=O)C=Cc3ccc(O)c(O)c3)CCC3(C)C(=CCC4C5(C)CCC(O)C(C)(C)C5CCC43C)C2C1C. The van der Waals surface area contributed by atoms with Gasteiger partial charge in [-0.1, -0.05) is 66.2 Å². The van der Waals surface area contributed by atoms with Crippen molar-refractivity contribution in [3.63, 3.8) is 0 Å². The Labute approximate surface area is 265 Å². The molecule has 242 valence electrons. The van der Waals surface area contributed by atoms with Crippen LogP contribution < -0.4 is 0 Å². The van der Waals surface area contributed by atoms with Crippen LogP contribution in [0.2, 0.25) is 0 Å². The molecule has 4 fully saturated rings. The molecule has 5 nitrogen and oxygen atoms in total. The van der Waals surface area contributed by atoms with Crippen LogP contribution in [0.5, 0.6) is 11.5 Å². The molecule has 1 aromatic carbocycles. The molecule has 4 saturated carbocycles. The van der Waals surface area contributed by atoms with E-state index in [4.69, 9.17) is 4.74 Å². The van der Waals surface area contributed by atoms with Gasteiger partial charge < -0.3 is 20.1 Å². The number of allylic oxidation sites excluding steroid dienone is 2. The third-order valence-corrected chi connectivity index (χ3v) is 15.0. The summed E-state index contributed by atoms with van der Waals surface area (Å²) >= 11 is 0. The van der Waals surface area contributed by atoms with Crippen molar-refractivity contribution in [1.29, 1.82) is 0 Å². The van der Waals surface area contributed by atoms with Gasteiger partial charge in [0.05, 0.1) is 12.7 Å². The van der Waals surface area contributed by atoms with Crippen LogP contribution in [0.15, 0.2) is 35.9 Å². The predicted molar refractivity (Wildman–Crippen MR) is 175 cm³/mol. The Morgan fingerprint density at radius 2 is 1.68 bits per heavy atom. The zero-order valence-corrected chi connectivity index (χ0v) is 28.2. The van der Waals surface area contributed by atoms with Crippen LogP contribution in [0.25, 0.3) is 6.08 Å². The van der Waals surface area contributed by atoms with Gasteiger partial charge in [-0.2, -0.15) is 0 Å². The maximum absolute atomic E-state index is 13.0. The largest absolute Gasteiger partial charge is 0.504 e. The fourth-order valence-corrected chi connectivity index (χ4v) is 11.9. The van der Waals surface area contributed by atoms with Crippen molar-refractivity contribution in [2.45, 2.75) is 112 Å². The second-order valence-electron chi connectivity index (χ2n) is 17.1. The number of ether oxygens (including phenoxy) is 1. The van der Waals surface area contributed by atoms with Crippen molar-refractivity contribution < 1.29 is 24.9 Å². The smallest absolute Gasteiger partial charge is 0.330 e. The number of aromatic hydroxyl groups is 2. The summed E-state index contributed by atoms with van der Waals surface area (Å²) in [5.41, 5.74) is 2.77. The van der Waals surface area contributed by atoms with E-state index in [2.05, 4.69) is 54.5 Å². The molecule has 0 radical (unpaired) electrons. The second-order valence-corrected chi connectivity index (χ2v) is 17.1. The second kappa shape index (κ2) is 10.6. The minimum absolute atomic E-state index is 0.0428. The molecule has 6 rings (SSSR count). The Bertz CT molecular complexity index is 1360. The standard InChI is InChI=1S/C39H56O5/c1-24-14-19-39(23-44-33(43)13-9-26-8-11-28(40)29(41)22-26)21-20-37(6)27(34(39)25(24)2)10-12-31-36(5)17-16-32(42)35(3,4)30(36)15-18-38(31,37)7/h8-11,13,22,24-25,30-32,34,40-42H,12,14-21,23H2,1-7H3. The topological polar surface area (TPSA) is 87.0 Å². The average molecular weight is 605 g/mol. The minimum Gasteiger partial charge on any atom is -0.504 e. The first-order chi connectivity index (χ1) is 20.6. The first-order valence-electron chi connectivity index (χ1n) is 17.3. The Kier molecular flexibility index (Phi) is 7.67. The summed E-state index contributed by atoms with van der Waals surface area (Å²) in [6, 6.07) is 4.52. The molecule has 10 atom stereocenters. The van der Waals surface area contributed by atoms with Crippen LogP contribution in [0, 0.1) is 56.7 Å². The minimum atomic E-state index is -0.358. The predicted octanol–water partition coefficient (Wildman–Crippen LogP) is 8.67. The van der Waals surface area contributed by atoms with Gasteiger partial charge in [0, 0.05) is 11.5 Å². The highest BCUT2D eigenvalue weighted by Gasteiger charge is 2.68. The third-order valence-electron chi connectivity index (χ3n) is 15.0. The van der Waals surface area contributed by atoms with Gasteiger partial charge in [0.1, 0.15) is 0 Å². The van der Waals surface area contributed by atoms with Crippen LogP contribution in [0.1, 0.15) is 112 Å². The van der Waals surface area contributed by atoms with Gasteiger partial charge >= 0.3 is 5.97 Å². The van der Waals surface area contributed by atoms with Crippen molar-refractivity contribution in [1.82, 2.24) is 0 Å². The highest BCUT2D eigenvalue weighted by atomic mass is 16.5. The zero-order valence-electron chi connectivity index (χ0n) is 28.2. The molecule has 10 unspecified atom stereocenters. The van der Waals surface area contributed by atoms with E-state index >= 15 is 0 Å². The summed E-state index contributed by atoms with van der Waals surface area (Å²) in [6.45, 7) is 17.7. The number of phenolic OH excluding ortho intramolecular Hbond substituents is 2. The first kappa shape index (κ1) is 31.7. The molecule has 5 aliphatic carbocycles. The quantitative estimate of drug-likeness (QED) is 0.139. The number of phenols is 2. The van der Waals surface area contributed by atoms with E-state index in [1.165, 1.54) is 37.5 Å². The molecule has 0 saturated heterocycles.